The standard InChI is InChI=1S/C12H21ClN2O2/c1-4-15-11(12(13)9(3)14-15)8-10(16)6-7-17-5-2/h10,16H,4-8H2,1-3H3. The van der Waals surface area contributed by atoms with Gasteiger partial charge in [0.2, 0.25) is 0 Å². The van der Waals surface area contributed by atoms with Crippen LogP contribution in [0.1, 0.15) is 31.7 Å². The monoisotopic (exact) mass is 260 g/mol. The van der Waals surface area contributed by atoms with Crippen molar-refractivity contribution >= 4 is 11.6 Å². The molecule has 1 aromatic heterocycles. The van der Waals surface area contributed by atoms with Crippen molar-refractivity contribution in [2.24, 2.45) is 0 Å². The number of rotatable bonds is 7. The van der Waals surface area contributed by atoms with Gasteiger partial charge in [0.15, 0.2) is 0 Å². The number of hydrogen-bond donors (Lipinski definition) is 1. The first-order valence-corrected chi connectivity index (χ1v) is 6.45. The molecule has 0 fully saturated rings. The first-order chi connectivity index (χ1) is 8.10. The number of aromatic nitrogens is 2. The summed E-state index contributed by atoms with van der Waals surface area (Å²) >= 11 is 6.17. The molecular formula is C12H21ClN2O2. The maximum Gasteiger partial charge on any atom is 0.0848 e. The molecule has 0 bridgehead atoms. The Kier molecular flexibility index (Phi) is 5.95. The van der Waals surface area contributed by atoms with E-state index in [1.165, 1.54) is 0 Å². The van der Waals surface area contributed by atoms with E-state index in [0.717, 1.165) is 17.9 Å². The fraction of sp³-hybridized carbons (Fsp3) is 0.750. The summed E-state index contributed by atoms with van der Waals surface area (Å²) in [6.07, 6.45) is 0.721. The van der Waals surface area contributed by atoms with Gasteiger partial charge in [-0.15, -0.1) is 0 Å². The predicted octanol–water partition coefficient (Wildman–Crippen LogP) is 2.19. The summed E-state index contributed by atoms with van der Waals surface area (Å²) < 4.78 is 7.07. The van der Waals surface area contributed by atoms with Crippen LogP contribution >= 0.6 is 11.6 Å². The van der Waals surface area contributed by atoms with E-state index < -0.39 is 6.10 Å². The maximum atomic E-state index is 9.90. The van der Waals surface area contributed by atoms with Crippen molar-refractivity contribution in [3.05, 3.63) is 16.4 Å². The van der Waals surface area contributed by atoms with Gasteiger partial charge < -0.3 is 9.84 Å². The van der Waals surface area contributed by atoms with Crippen molar-refractivity contribution in [1.82, 2.24) is 9.78 Å². The molecule has 1 rings (SSSR count). The number of nitrogens with zero attached hydrogens (tertiary/aromatic N) is 2. The van der Waals surface area contributed by atoms with Gasteiger partial charge in [0.25, 0.3) is 0 Å². The molecular weight excluding hydrogens is 240 g/mol. The van der Waals surface area contributed by atoms with Gasteiger partial charge in [-0.3, -0.25) is 4.68 Å². The van der Waals surface area contributed by atoms with Crippen LogP contribution in [-0.4, -0.2) is 34.2 Å². The summed E-state index contributed by atoms with van der Waals surface area (Å²) in [7, 11) is 0. The Morgan fingerprint density at radius 2 is 2.18 bits per heavy atom. The van der Waals surface area contributed by atoms with Crippen molar-refractivity contribution in [3.63, 3.8) is 0 Å². The molecule has 4 nitrogen and oxygen atoms in total. The first-order valence-electron chi connectivity index (χ1n) is 6.07. The normalized spacial score (nSPS) is 13.0. The molecule has 1 N–H and O–H groups in total. The third-order valence-corrected chi connectivity index (χ3v) is 3.17. The van der Waals surface area contributed by atoms with Crippen molar-refractivity contribution in [1.29, 1.82) is 0 Å². The SMILES string of the molecule is CCOCCC(O)Cc1c(Cl)c(C)nn1CC. The van der Waals surface area contributed by atoms with Gasteiger partial charge in [-0.1, -0.05) is 11.6 Å². The smallest absolute Gasteiger partial charge is 0.0848 e. The van der Waals surface area contributed by atoms with E-state index in [-0.39, 0.29) is 0 Å². The van der Waals surface area contributed by atoms with E-state index in [1.807, 2.05) is 25.5 Å². The summed E-state index contributed by atoms with van der Waals surface area (Å²) in [5.41, 5.74) is 1.73. The van der Waals surface area contributed by atoms with E-state index in [2.05, 4.69) is 5.10 Å². The summed E-state index contributed by atoms with van der Waals surface area (Å²) in [6.45, 7) is 7.86. The average molecular weight is 261 g/mol. The van der Waals surface area contributed by atoms with Crippen LogP contribution in [0.4, 0.5) is 0 Å². The largest absolute Gasteiger partial charge is 0.393 e. The quantitative estimate of drug-likeness (QED) is 0.765. The molecule has 0 spiro atoms. The third-order valence-electron chi connectivity index (χ3n) is 2.68. The van der Waals surface area contributed by atoms with E-state index in [9.17, 15) is 5.11 Å². The highest BCUT2D eigenvalue weighted by molar-refractivity contribution is 6.31. The molecule has 17 heavy (non-hydrogen) atoms. The zero-order chi connectivity index (χ0) is 12.8. The van der Waals surface area contributed by atoms with Crippen molar-refractivity contribution in [2.45, 2.75) is 46.3 Å². The summed E-state index contributed by atoms with van der Waals surface area (Å²) in [5.74, 6) is 0. The van der Waals surface area contributed by atoms with E-state index in [4.69, 9.17) is 16.3 Å². The molecule has 0 aliphatic rings. The number of aryl methyl sites for hydroxylation is 2. The molecule has 5 heteroatoms. The summed E-state index contributed by atoms with van der Waals surface area (Å²) in [4.78, 5) is 0. The van der Waals surface area contributed by atoms with Crippen LogP contribution in [0, 0.1) is 6.92 Å². The molecule has 1 heterocycles. The van der Waals surface area contributed by atoms with E-state index >= 15 is 0 Å². The Balaban J connectivity index is 2.60. The molecule has 1 unspecified atom stereocenters. The highest BCUT2D eigenvalue weighted by Gasteiger charge is 2.16. The second-order valence-electron chi connectivity index (χ2n) is 4.01. The summed E-state index contributed by atoms with van der Waals surface area (Å²) in [5, 5.41) is 14.9. The molecule has 0 aromatic carbocycles. The van der Waals surface area contributed by atoms with Crippen molar-refractivity contribution in [3.8, 4) is 0 Å². The van der Waals surface area contributed by atoms with Crippen LogP contribution in [0.5, 0.6) is 0 Å². The van der Waals surface area contributed by atoms with Crippen molar-refractivity contribution < 1.29 is 9.84 Å². The number of halogens is 1. The average Bonchev–Trinajstić information content (AvgIpc) is 2.57. The van der Waals surface area contributed by atoms with Crippen LogP contribution in [-0.2, 0) is 17.7 Å². The Hall–Kier alpha value is -0.580. The molecule has 0 saturated carbocycles. The fourth-order valence-electron chi connectivity index (χ4n) is 1.75. The van der Waals surface area contributed by atoms with Gasteiger partial charge in [-0.2, -0.15) is 5.10 Å². The number of aliphatic hydroxyl groups excluding tert-OH is 1. The minimum absolute atomic E-state index is 0.430. The van der Waals surface area contributed by atoms with Crippen LogP contribution in [0.25, 0.3) is 0 Å². The lowest BCUT2D eigenvalue weighted by Gasteiger charge is -2.12. The van der Waals surface area contributed by atoms with Crippen LogP contribution in [0.2, 0.25) is 5.02 Å². The van der Waals surface area contributed by atoms with Gasteiger partial charge >= 0.3 is 0 Å². The lowest BCUT2D eigenvalue weighted by atomic mass is 10.1. The zero-order valence-corrected chi connectivity index (χ0v) is 11.5. The lowest BCUT2D eigenvalue weighted by Crippen LogP contribution is -2.16. The highest BCUT2D eigenvalue weighted by Crippen LogP contribution is 2.22. The van der Waals surface area contributed by atoms with Gasteiger partial charge in [0.05, 0.1) is 22.5 Å². The van der Waals surface area contributed by atoms with Crippen LogP contribution in [0.3, 0.4) is 0 Å². The second kappa shape index (κ2) is 6.99. The van der Waals surface area contributed by atoms with Crippen molar-refractivity contribution in [2.75, 3.05) is 13.2 Å². The lowest BCUT2D eigenvalue weighted by molar-refractivity contribution is 0.0877. The van der Waals surface area contributed by atoms with Gasteiger partial charge in [0.1, 0.15) is 0 Å². The van der Waals surface area contributed by atoms with Gasteiger partial charge in [0, 0.05) is 26.2 Å². The molecule has 98 valence electrons. The Bertz CT molecular complexity index is 353. The Morgan fingerprint density at radius 3 is 2.76 bits per heavy atom. The van der Waals surface area contributed by atoms with Gasteiger partial charge in [-0.05, 0) is 27.2 Å². The molecule has 0 amide bonds. The predicted molar refractivity (Wildman–Crippen MR) is 68.5 cm³/mol. The Labute approximate surface area is 108 Å². The molecule has 1 atom stereocenters. The fourth-order valence-corrected chi connectivity index (χ4v) is 1.97. The maximum absolute atomic E-state index is 9.90. The number of hydrogen-bond acceptors (Lipinski definition) is 3. The molecule has 1 aromatic rings. The Morgan fingerprint density at radius 1 is 1.47 bits per heavy atom. The van der Waals surface area contributed by atoms with Gasteiger partial charge in [-0.25, -0.2) is 0 Å². The first kappa shape index (κ1) is 14.5. The topological polar surface area (TPSA) is 47.3 Å². The molecule has 0 saturated heterocycles. The minimum Gasteiger partial charge on any atom is -0.393 e. The van der Waals surface area contributed by atoms with E-state index in [1.54, 1.807) is 0 Å². The second-order valence-corrected chi connectivity index (χ2v) is 4.38. The number of ether oxygens (including phenoxy) is 1. The highest BCUT2D eigenvalue weighted by atomic mass is 35.5. The molecule has 0 aliphatic heterocycles. The summed E-state index contributed by atoms with van der Waals surface area (Å²) in [6, 6.07) is 0. The molecule has 0 aliphatic carbocycles. The third kappa shape index (κ3) is 3.98. The molecule has 0 radical (unpaired) electrons. The van der Waals surface area contributed by atoms with Crippen LogP contribution in [0.15, 0.2) is 0 Å². The number of aliphatic hydroxyl groups is 1. The minimum atomic E-state index is -0.430. The zero-order valence-electron chi connectivity index (χ0n) is 10.7. The van der Waals surface area contributed by atoms with Crippen LogP contribution < -0.4 is 0 Å². The van der Waals surface area contributed by atoms with E-state index in [0.29, 0.717) is 31.1 Å².